The molecule has 1 heterocycles. The molecule has 2 N–H and O–H groups in total. The highest BCUT2D eigenvalue weighted by molar-refractivity contribution is 14.0. The van der Waals surface area contributed by atoms with Gasteiger partial charge in [-0.25, -0.2) is 0 Å². The lowest BCUT2D eigenvalue weighted by Crippen LogP contribution is -2.48. The highest BCUT2D eigenvalue weighted by Crippen LogP contribution is 2.14. The number of benzene rings is 2. The summed E-state index contributed by atoms with van der Waals surface area (Å²) in [4.78, 5) is 6.92. The van der Waals surface area contributed by atoms with E-state index < -0.39 is 0 Å². The molecule has 1 fully saturated rings. The lowest BCUT2D eigenvalue weighted by molar-refractivity contribution is 0.185. The zero-order valence-electron chi connectivity index (χ0n) is 17.4. The summed E-state index contributed by atoms with van der Waals surface area (Å²) in [6.07, 6.45) is 2.28. The predicted octanol–water partition coefficient (Wildman–Crippen LogP) is 3.78. The van der Waals surface area contributed by atoms with E-state index in [-0.39, 0.29) is 24.0 Å². The van der Waals surface area contributed by atoms with Gasteiger partial charge in [0, 0.05) is 46.4 Å². The average molecular weight is 508 g/mol. The fourth-order valence-corrected chi connectivity index (χ4v) is 3.57. The van der Waals surface area contributed by atoms with Gasteiger partial charge >= 0.3 is 0 Å². The molecule has 0 radical (unpaired) electrons. The molecule has 158 valence electrons. The Kier molecular flexibility index (Phi) is 10.5. The van der Waals surface area contributed by atoms with Crippen LogP contribution in [-0.2, 0) is 24.4 Å². The SMILES string of the molecule is CN=C(NCc1ccc(COC)cc1)NC1CCN(Cc2ccccc2)CC1.I. The molecular weight excluding hydrogens is 475 g/mol. The van der Waals surface area contributed by atoms with Gasteiger partial charge in [-0.1, -0.05) is 54.6 Å². The van der Waals surface area contributed by atoms with Crippen LogP contribution in [0.15, 0.2) is 59.6 Å². The fourth-order valence-electron chi connectivity index (χ4n) is 3.57. The highest BCUT2D eigenvalue weighted by Gasteiger charge is 2.19. The molecule has 0 unspecified atom stereocenters. The summed E-state index contributed by atoms with van der Waals surface area (Å²) in [7, 11) is 3.55. The van der Waals surface area contributed by atoms with Crippen LogP contribution in [-0.4, -0.2) is 44.1 Å². The minimum atomic E-state index is 0. The molecule has 3 rings (SSSR count). The topological polar surface area (TPSA) is 48.9 Å². The number of ether oxygens (including phenoxy) is 1. The molecule has 0 amide bonds. The van der Waals surface area contributed by atoms with E-state index in [0.29, 0.717) is 12.6 Å². The van der Waals surface area contributed by atoms with Crippen molar-refractivity contribution in [2.24, 2.45) is 4.99 Å². The lowest BCUT2D eigenvalue weighted by atomic mass is 10.0. The van der Waals surface area contributed by atoms with E-state index in [1.54, 1.807) is 7.11 Å². The van der Waals surface area contributed by atoms with Crippen molar-refractivity contribution in [2.75, 3.05) is 27.2 Å². The Bertz CT molecular complexity index is 728. The van der Waals surface area contributed by atoms with Gasteiger partial charge in [0.05, 0.1) is 6.61 Å². The van der Waals surface area contributed by atoms with Crippen molar-refractivity contribution in [3.63, 3.8) is 0 Å². The normalized spacial score (nSPS) is 15.6. The number of hydrogen-bond donors (Lipinski definition) is 2. The van der Waals surface area contributed by atoms with E-state index in [1.807, 2.05) is 7.05 Å². The van der Waals surface area contributed by atoms with Crippen molar-refractivity contribution in [3.05, 3.63) is 71.3 Å². The first kappa shape index (κ1) is 23.6. The Morgan fingerprint density at radius 2 is 1.66 bits per heavy atom. The largest absolute Gasteiger partial charge is 0.380 e. The third-order valence-corrected chi connectivity index (χ3v) is 5.19. The molecule has 0 aromatic heterocycles. The number of aliphatic imine (C=N–C) groups is 1. The molecule has 6 heteroatoms. The highest BCUT2D eigenvalue weighted by atomic mass is 127. The van der Waals surface area contributed by atoms with Gasteiger partial charge < -0.3 is 15.4 Å². The number of rotatable bonds is 7. The van der Waals surface area contributed by atoms with E-state index in [1.165, 1.54) is 16.7 Å². The van der Waals surface area contributed by atoms with E-state index in [2.05, 4.69) is 75.1 Å². The monoisotopic (exact) mass is 508 g/mol. The molecule has 5 nitrogen and oxygen atoms in total. The van der Waals surface area contributed by atoms with Crippen molar-refractivity contribution < 1.29 is 4.74 Å². The van der Waals surface area contributed by atoms with Crippen molar-refractivity contribution in [1.29, 1.82) is 0 Å². The van der Waals surface area contributed by atoms with Crippen LogP contribution in [0.3, 0.4) is 0 Å². The van der Waals surface area contributed by atoms with Crippen molar-refractivity contribution in [1.82, 2.24) is 15.5 Å². The fraction of sp³-hybridized carbons (Fsp3) is 0.435. The van der Waals surface area contributed by atoms with Gasteiger partial charge in [-0.15, -0.1) is 24.0 Å². The number of hydrogen-bond acceptors (Lipinski definition) is 3. The van der Waals surface area contributed by atoms with Gasteiger partial charge in [-0.2, -0.15) is 0 Å². The Labute approximate surface area is 192 Å². The second-order valence-electron chi connectivity index (χ2n) is 7.36. The van der Waals surface area contributed by atoms with Gasteiger partial charge in [0.1, 0.15) is 0 Å². The zero-order valence-corrected chi connectivity index (χ0v) is 19.8. The van der Waals surface area contributed by atoms with Crippen LogP contribution in [0.4, 0.5) is 0 Å². The Balaban J connectivity index is 0.00000300. The smallest absolute Gasteiger partial charge is 0.191 e. The number of likely N-dealkylation sites (tertiary alicyclic amines) is 1. The minimum Gasteiger partial charge on any atom is -0.380 e. The summed E-state index contributed by atoms with van der Waals surface area (Å²) in [5, 5.41) is 7.01. The van der Waals surface area contributed by atoms with Crippen molar-refractivity contribution >= 4 is 29.9 Å². The van der Waals surface area contributed by atoms with Gasteiger partial charge in [0.15, 0.2) is 5.96 Å². The Morgan fingerprint density at radius 3 is 2.28 bits per heavy atom. The number of guanidine groups is 1. The number of methoxy groups -OCH3 is 1. The van der Waals surface area contributed by atoms with Gasteiger partial charge in [0.2, 0.25) is 0 Å². The minimum absolute atomic E-state index is 0. The predicted molar refractivity (Wildman–Crippen MR) is 131 cm³/mol. The van der Waals surface area contributed by atoms with Crippen LogP contribution in [0, 0.1) is 0 Å². The van der Waals surface area contributed by atoms with Crippen LogP contribution in [0.1, 0.15) is 29.5 Å². The van der Waals surface area contributed by atoms with Crippen LogP contribution < -0.4 is 10.6 Å². The summed E-state index contributed by atoms with van der Waals surface area (Å²) in [6.45, 7) is 4.69. The third kappa shape index (κ3) is 7.95. The quantitative estimate of drug-likeness (QED) is 0.340. The average Bonchev–Trinajstić information content (AvgIpc) is 2.74. The maximum atomic E-state index is 5.16. The molecule has 0 saturated carbocycles. The van der Waals surface area contributed by atoms with Crippen LogP contribution in [0.25, 0.3) is 0 Å². The number of halogens is 1. The molecule has 0 spiro atoms. The summed E-state index contributed by atoms with van der Waals surface area (Å²) >= 11 is 0. The zero-order chi connectivity index (χ0) is 19.6. The molecule has 1 aliphatic heterocycles. The molecule has 0 bridgehead atoms. The Morgan fingerprint density at radius 1 is 1.00 bits per heavy atom. The first-order valence-electron chi connectivity index (χ1n) is 10.1. The molecule has 2 aromatic carbocycles. The van der Waals surface area contributed by atoms with Crippen molar-refractivity contribution in [2.45, 2.75) is 38.6 Å². The van der Waals surface area contributed by atoms with Crippen LogP contribution in [0.5, 0.6) is 0 Å². The number of nitrogens with zero attached hydrogens (tertiary/aromatic N) is 2. The number of nitrogens with one attached hydrogen (secondary N) is 2. The van der Waals surface area contributed by atoms with E-state index in [0.717, 1.165) is 45.0 Å². The first-order valence-corrected chi connectivity index (χ1v) is 10.1. The van der Waals surface area contributed by atoms with Gasteiger partial charge in [-0.3, -0.25) is 9.89 Å². The molecule has 2 aromatic rings. The summed E-state index contributed by atoms with van der Waals surface area (Å²) in [6, 6.07) is 19.7. The summed E-state index contributed by atoms with van der Waals surface area (Å²) < 4.78 is 5.16. The summed E-state index contributed by atoms with van der Waals surface area (Å²) in [5.41, 5.74) is 3.82. The van der Waals surface area contributed by atoms with E-state index >= 15 is 0 Å². The lowest BCUT2D eigenvalue weighted by Gasteiger charge is -2.33. The first-order chi connectivity index (χ1) is 13.8. The molecule has 29 heavy (non-hydrogen) atoms. The second kappa shape index (κ2) is 12.8. The molecular formula is C23H33IN4O. The number of piperidine rings is 1. The van der Waals surface area contributed by atoms with Gasteiger partial charge in [0.25, 0.3) is 0 Å². The van der Waals surface area contributed by atoms with Crippen LogP contribution >= 0.6 is 24.0 Å². The van der Waals surface area contributed by atoms with E-state index in [9.17, 15) is 0 Å². The Hall–Kier alpha value is -1.64. The third-order valence-electron chi connectivity index (χ3n) is 5.19. The standard InChI is InChI=1S/C23H32N4O.HI/c1-24-23(25-16-19-8-10-21(11-9-19)18-28-2)26-22-12-14-27(15-13-22)17-20-6-4-3-5-7-20;/h3-11,22H,12-18H2,1-2H3,(H2,24,25,26);1H. The summed E-state index contributed by atoms with van der Waals surface area (Å²) in [5.74, 6) is 0.877. The van der Waals surface area contributed by atoms with Crippen LogP contribution in [0.2, 0.25) is 0 Å². The molecule has 0 aliphatic carbocycles. The maximum absolute atomic E-state index is 5.16. The van der Waals surface area contributed by atoms with E-state index in [4.69, 9.17) is 4.74 Å². The van der Waals surface area contributed by atoms with Gasteiger partial charge in [-0.05, 0) is 29.5 Å². The van der Waals surface area contributed by atoms with Crippen molar-refractivity contribution in [3.8, 4) is 0 Å². The molecule has 1 saturated heterocycles. The molecule has 0 atom stereocenters. The molecule has 1 aliphatic rings. The maximum Gasteiger partial charge on any atom is 0.191 e. The second-order valence-corrected chi connectivity index (χ2v) is 7.36.